The molecule has 5 nitrogen and oxygen atoms in total. The number of benzene rings is 1. The predicted octanol–water partition coefficient (Wildman–Crippen LogP) is 1.34. The monoisotopic (exact) mass is 300 g/mol. The summed E-state index contributed by atoms with van der Waals surface area (Å²) in [5, 5.41) is 4.92. The van der Waals surface area contributed by atoms with E-state index in [-0.39, 0.29) is 16.5 Å². The zero-order valence-corrected chi connectivity index (χ0v) is 12.2. The Morgan fingerprint density at radius 1 is 1.40 bits per heavy atom. The van der Waals surface area contributed by atoms with Gasteiger partial charge in [-0.2, -0.15) is 0 Å². The molecule has 1 saturated heterocycles. The van der Waals surface area contributed by atoms with Gasteiger partial charge >= 0.3 is 0 Å². The van der Waals surface area contributed by atoms with Crippen LogP contribution in [0.3, 0.4) is 0 Å². The van der Waals surface area contributed by atoms with Gasteiger partial charge in [-0.05, 0) is 37.5 Å². The number of hydrogen-bond acceptors (Lipinski definition) is 3. The first-order valence-corrected chi connectivity index (χ1v) is 7.88. The first-order chi connectivity index (χ1) is 9.20. The number of hydrogen-bond donors (Lipinski definition) is 1. The number of nitrogens with zero attached hydrogens (tertiary/aromatic N) is 1. The summed E-state index contributed by atoms with van der Waals surface area (Å²) >= 11 is 0. The van der Waals surface area contributed by atoms with Crippen LogP contribution in [0.25, 0.3) is 0 Å². The second-order valence-corrected chi connectivity index (χ2v) is 6.90. The zero-order valence-electron chi connectivity index (χ0n) is 11.3. The maximum absolute atomic E-state index is 13.9. The van der Waals surface area contributed by atoms with Crippen LogP contribution in [0.5, 0.6) is 0 Å². The first-order valence-electron chi connectivity index (χ1n) is 6.33. The number of primary sulfonamides is 1. The second kappa shape index (κ2) is 5.14. The average molecular weight is 300 g/mol. The molecule has 20 heavy (non-hydrogen) atoms. The van der Waals surface area contributed by atoms with Crippen LogP contribution >= 0.6 is 0 Å². The number of likely N-dealkylation sites (tertiary alicyclic amines) is 1. The maximum Gasteiger partial charge on any atom is 0.257 e. The molecule has 2 unspecified atom stereocenters. The number of amides is 1. The van der Waals surface area contributed by atoms with Crippen molar-refractivity contribution in [2.45, 2.75) is 31.2 Å². The van der Waals surface area contributed by atoms with E-state index >= 15 is 0 Å². The molecule has 0 saturated carbocycles. The molecule has 0 radical (unpaired) electrons. The van der Waals surface area contributed by atoms with Crippen LogP contribution in [0.15, 0.2) is 23.1 Å². The van der Waals surface area contributed by atoms with Crippen molar-refractivity contribution in [2.75, 3.05) is 6.54 Å². The quantitative estimate of drug-likeness (QED) is 0.895. The molecule has 1 aliphatic rings. The van der Waals surface area contributed by atoms with Crippen LogP contribution in [0.2, 0.25) is 0 Å². The van der Waals surface area contributed by atoms with E-state index in [0.29, 0.717) is 12.5 Å². The summed E-state index contributed by atoms with van der Waals surface area (Å²) in [6.45, 7) is 4.53. The highest BCUT2D eigenvalue weighted by Crippen LogP contribution is 2.25. The van der Waals surface area contributed by atoms with Crippen molar-refractivity contribution in [2.24, 2.45) is 11.1 Å². The molecule has 2 atom stereocenters. The highest BCUT2D eigenvalue weighted by atomic mass is 32.2. The number of carbonyl (C=O) groups is 1. The van der Waals surface area contributed by atoms with Gasteiger partial charge in [0.25, 0.3) is 5.91 Å². The van der Waals surface area contributed by atoms with Gasteiger partial charge < -0.3 is 4.90 Å². The minimum Gasteiger partial charge on any atom is -0.336 e. The molecule has 1 heterocycles. The highest BCUT2D eigenvalue weighted by Gasteiger charge is 2.31. The van der Waals surface area contributed by atoms with Crippen LogP contribution in [0.1, 0.15) is 30.6 Å². The summed E-state index contributed by atoms with van der Waals surface area (Å²) in [4.78, 5) is 13.6. The Morgan fingerprint density at radius 3 is 2.50 bits per heavy atom. The van der Waals surface area contributed by atoms with Crippen LogP contribution < -0.4 is 5.14 Å². The van der Waals surface area contributed by atoms with E-state index < -0.39 is 21.7 Å². The summed E-state index contributed by atoms with van der Waals surface area (Å²) in [7, 11) is -3.97. The van der Waals surface area contributed by atoms with E-state index in [1.165, 1.54) is 6.07 Å². The Bertz CT molecular complexity index is 645. The van der Waals surface area contributed by atoms with Gasteiger partial charge in [-0.3, -0.25) is 4.79 Å². The van der Waals surface area contributed by atoms with Crippen molar-refractivity contribution in [1.82, 2.24) is 4.90 Å². The molecular weight excluding hydrogens is 283 g/mol. The van der Waals surface area contributed by atoms with Crippen molar-refractivity contribution in [3.8, 4) is 0 Å². The Morgan fingerprint density at radius 2 is 2.05 bits per heavy atom. The molecular formula is C13H17FN2O3S. The van der Waals surface area contributed by atoms with Crippen molar-refractivity contribution in [3.63, 3.8) is 0 Å². The summed E-state index contributed by atoms with van der Waals surface area (Å²) < 4.78 is 36.2. The summed E-state index contributed by atoms with van der Waals surface area (Å²) in [5.41, 5.74) is -0.127. The fourth-order valence-corrected chi connectivity index (χ4v) is 3.11. The van der Waals surface area contributed by atoms with Gasteiger partial charge in [0.1, 0.15) is 5.82 Å². The summed E-state index contributed by atoms with van der Waals surface area (Å²) in [5.74, 6) is -0.908. The highest BCUT2D eigenvalue weighted by molar-refractivity contribution is 7.89. The smallest absolute Gasteiger partial charge is 0.257 e. The van der Waals surface area contributed by atoms with Crippen molar-refractivity contribution in [1.29, 1.82) is 0 Å². The van der Waals surface area contributed by atoms with Crippen LogP contribution in [0.4, 0.5) is 4.39 Å². The molecule has 2 rings (SSSR count). The lowest BCUT2D eigenvalue weighted by molar-refractivity contribution is 0.0739. The van der Waals surface area contributed by atoms with E-state index in [2.05, 4.69) is 0 Å². The zero-order chi connectivity index (χ0) is 15.1. The van der Waals surface area contributed by atoms with Gasteiger partial charge in [-0.25, -0.2) is 17.9 Å². The molecule has 0 aromatic heterocycles. The molecule has 1 aromatic rings. The van der Waals surface area contributed by atoms with E-state index in [1.807, 2.05) is 13.8 Å². The van der Waals surface area contributed by atoms with Gasteiger partial charge in [-0.15, -0.1) is 0 Å². The van der Waals surface area contributed by atoms with E-state index in [9.17, 15) is 17.6 Å². The maximum atomic E-state index is 13.9. The molecule has 7 heteroatoms. The normalized spacial score (nSPS) is 23.1. The van der Waals surface area contributed by atoms with Gasteiger partial charge in [0.15, 0.2) is 0 Å². The third kappa shape index (κ3) is 2.83. The Hall–Kier alpha value is -1.47. The number of rotatable bonds is 2. The molecule has 1 fully saturated rings. The van der Waals surface area contributed by atoms with E-state index in [1.54, 1.807) is 4.90 Å². The van der Waals surface area contributed by atoms with Crippen molar-refractivity contribution < 1.29 is 17.6 Å². The SMILES string of the molecule is CC1CC(C)N(C(=O)c2ccc(S(N)(=O)=O)cc2F)C1. The fraction of sp³-hybridized carbons (Fsp3) is 0.462. The molecule has 1 amide bonds. The van der Waals surface area contributed by atoms with Gasteiger partial charge in [0.2, 0.25) is 10.0 Å². The Balaban J connectivity index is 2.32. The largest absolute Gasteiger partial charge is 0.336 e. The lowest BCUT2D eigenvalue weighted by atomic mass is 10.1. The van der Waals surface area contributed by atoms with Gasteiger partial charge in [0.05, 0.1) is 10.5 Å². The molecule has 110 valence electrons. The van der Waals surface area contributed by atoms with Crippen molar-refractivity contribution in [3.05, 3.63) is 29.6 Å². The van der Waals surface area contributed by atoms with Crippen LogP contribution in [0, 0.1) is 11.7 Å². The standard InChI is InChI=1S/C13H17FN2O3S/c1-8-5-9(2)16(7-8)13(17)11-4-3-10(6-12(11)14)20(15,18)19/h3-4,6,8-9H,5,7H2,1-2H3,(H2,15,18,19). The predicted molar refractivity (Wildman–Crippen MR) is 72.1 cm³/mol. The minimum absolute atomic E-state index is 0.0508. The van der Waals surface area contributed by atoms with Crippen LogP contribution in [-0.2, 0) is 10.0 Å². The minimum atomic E-state index is -3.97. The number of halogens is 1. The summed E-state index contributed by atoms with van der Waals surface area (Å²) in [6, 6.07) is 3.16. The molecule has 0 bridgehead atoms. The Labute approximate surface area is 117 Å². The lowest BCUT2D eigenvalue weighted by Gasteiger charge is -2.21. The average Bonchev–Trinajstić information content (AvgIpc) is 2.66. The van der Waals surface area contributed by atoms with E-state index in [4.69, 9.17) is 5.14 Å². The number of sulfonamides is 1. The second-order valence-electron chi connectivity index (χ2n) is 5.33. The summed E-state index contributed by atoms with van der Waals surface area (Å²) in [6.07, 6.45) is 0.878. The molecule has 0 spiro atoms. The molecule has 0 aliphatic carbocycles. The topological polar surface area (TPSA) is 80.5 Å². The number of nitrogens with two attached hydrogens (primary N) is 1. The molecule has 2 N–H and O–H groups in total. The van der Waals surface area contributed by atoms with Gasteiger partial charge in [-0.1, -0.05) is 6.92 Å². The molecule has 1 aromatic carbocycles. The van der Waals surface area contributed by atoms with Gasteiger partial charge in [0, 0.05) is 12.6 Å². The molecule has 1 aliphatic heterocycles. The fourth-order valence-electron chi connectivity index (χ4n) is 2.58. The first kappa shape index (κ1) is 14.9. The van der Waals surface area contributed by atoms with Crippen LogP contribution in [-0.4, -0.2) is 31.8 Å². The third-order valence-electron chi connectivity index (χ3n) is 3.54. The van der Waals surface area contributed by atoms with Crippen molar-refractivity contribution >= 4 is 15.9 Å². The Kier molecular flexibility index (Phi) is 3.84. The number of carbonyl (C=O) groups excluding carboxylic acids is 1. The third-order valence-corrected chi connectivity index (χ3v) is 4.46. The lowest BCUT2D eigenvalue weighted by Crippen LogP contribution is -2.34. The van der Waals surface area contributed by atoms with E-state index in [0.717, 1.165) is 18.6 Å².